The van der Waals surface area contributed by atoms with Crippen LogP contribution in [0.5, 0.6) is 5.75 Å². The maximum absolute atomic E-state index is 12.3. The first-order valence-corrected chi connectivity index (χ1v) is 9.97. The fourth-order valence-electron chi connectivity index (χ4n) is 2.85. The van der Waals surface area contributed by atoms with Crippen LogP contribution in [0.3, 0.4) is 0 Å². The first kappa shape index (κ1) is 25.9. The van der Waals surface area contributed by atoms with E-state index in [-0.39, 0.29) is 16.9 Å². The van der Waals surface area contributed by atoms with Gasteiger partial charge in [0, 0.05) is 19.8 Å². The number of nitrogens with two attached hydrogens (primary N) is 1. The Hall–Kier alpha value is -3.09. The molecular weight excluding hydrogens is 428 g/mol. The Balaban J connectivity index is 0.000000721. The summed E-state index contributed by atoms with van der Waals surface area (Å²) in [6.07, 6.45) is 0.750. The average Bonchev–Trinajstić information content (AvgIpc) is 2.71. The van der Waals surface area contributed by atoms with E-state index in [1.807, 2.05) is 0 Å². The summed E-state index contributed by atoms with van der Waals surface area (Å²) < 4.78 is 0. The smallest absolute Gasteiger partial charge is 0.352 e. The van der Waals surface area contributed by atoms with Gasteiger partial charge in [0.2, 0.25) is 12.3 Å². The minimum absolute atomic E-state index is 0. The maximum Gasteiger partial charge on any atom is 0.352 e. The zero-order chi connectivity index (χ0) is 22.6. The molecular formula is C19H26N4O7S. The Morgan fingerprint density at radius 2 is 1.87 bits per heavy atom. The van der Waals surface area contributed by atoms with Crippen LogP contribution in [0.4, 0.5) is 0 Å². The first-order valence-electron chi connectivity index (χ1n) is 8.92. The Labute approximate surface area is 183 Å². The molecule has 1 saturated heterocycles. The lowest BCUT2D eigenvalue weighted by Crippen LogP contribution is -2.71. The second-order valence-corrected chi connectivity index (χ2v) is 8.07. The number of β-lactam (4-membered cyclic amide) rings is 1. The molecule has 0 unspecified atom stereocenters. The number of nitrogens with zero attached hydrogens (tertiary/aromatic N) is 2. The van der Waals surface area contributed by atoms with Gasteiger partial charge in [-0.3, -0.25) is 19.3 Å². The molecule has 2 aliphatic heterocycles. The number of rotatable bonds is 5. The predicted octanol–water partition coefficient (Wildman–Crippen LogP) is -0.970. The lowest BCUT2D eigenvalue weighted by Gasteiger charge is -2.49. The number of hydrogen-bond acceptors (Lipinski definition) is 7. The van der Waals surface area contributed by atoms with Gasteiger partial charge < -0.3 is 31.6 Å². The van der Waals surface area contributed by atoms with E-state index in [9.17, 15) is 29.4 Å². The number of carbonyl (C=O) groups is 4. The van der Waals surface area contributed by atoms with E-state index >= 15 is 0 Å². The van der Waals surface area contributed by atoms with Crippen LogP contribution in [0.2, 0.25) is 0 Å². The number of phenols is 1. The number of carboxylic acid groups (broad SMARTS) is 1. The molecule has 11 nitrogen and oxygen atoms in total. The molecule has 1 aromatic carbocycles. The number of benzene rings is 1. The Morgan fingerprint density at radius 3 is 2.35 bits per heavy atom. The molecule has 0 bridgehead atoms. The minimum atomic E-state index is -1.15. The standard InChI is InChI=1S/C16H17N3O5S.C3H7NO.H2O/c1-7-6-25-15-11(14(22)19(15)12(7)16(23)24)18-13(21)10(17)8-2-4-9(20)5-3-8;1-4(2)3-5;/h2-5,10-11,15,20H,6,17H2,1H3,(H,18,21)(H,23,24);3H,1-2H3;1H2/t10-,11-,15-;;/m1../s1. The van der Waals surface area contributed by atoms with Gasteiger partial charge >= 0.3 is 5.97 Å². The zero-order valence-electron chi connectivity index (χ0n) is 17.2. The van der Waals surface area contributed by atoms with Crippen molar-refractivity contribution in [2.24, 2.45) is 5.73 Å². The topological polar surface area (TPSA) is 185 Å². The van der Waals surface area contributed by atoms with Crippen LogP contribution in [0.1, 0.15) is 18.5 Å². The molecule has 7 N–H and O–H groups in total. The molecule has 0 saturated carbocycles. The van der Waals surface area contributed by atoms with Gasteiger partial charge in [-0.1, -0.05) is 12.1 Å². The molecule has 3 amide bonds. The molecule has 2 heterocycles. The molecule has 0 spiro atoms. The molecule has 2 aliphatic rings. The monoisotopic (exact) mass is 454 g/mol. The predicted molar refractivity (Wildman–Crippen MR) is 114 cm³/mol. The summed E-state index contributed by atoms with van der Waals surface area (Å²) in [5, 5.41) is 20.7. The zero-order valence-corrected chi connectivity index (χ0v) is 18.0. The van der Waals surface area contributed by atoms with E-state index in [1.165, 1.54) is 45.8 Å². The third-order valence-corrected chi connectivity index (χ3v) is 5.83. The number of aliphatic carboxylic acids is 1. The van der Waals surface area contributed by atoms with Crippen LogP contribution in [0, 0.1) is 0 Å². The van der Waals surface area contributed by atoms with E-state index in [0.717, 1.165) is 6.41 Å². The number of amides is 3. The molecule has 0 radical (unpaired) electrons. The van der Waals surface area contributed by atoms with Crippen LogP contribution in [0.15, 0.2) is 35.5 Å². The third kappa shape index (κ3) is 5.75. The van der Waals surface area contributed by atoms with Gasteiger partial charge in [-0.2, -0.15) is 0 Å². The number of nitrogens with one attached hydrogen (secondary N) is 1. The van der Waals surface area contributed by atoms with Crippen molar-refractivity contribution in [2.45, 2.75) is 24.4 Å². The van der Waals surface area contributed by atoms with Gasteiger partial charge in [0.15, 0.2) is 0 Å². The van der Waals surface area contributed by atoms with Crippen molar-refractivity contribution in [1.82, 2.24) is 15.1 Å². The summed E-state index contributed by atoms with van der Waals surface area (Å²) in [6, 6.07) is 4.09. The van der Waals surface area contributed by atoms with Crippen molar-refractivity contribution >= 4 is 36.0 Å². The van der Waals surface area contributed by atoms with Crippen LogP contribution in [-0.2, 0) is 19.2 Å². The maximum atomic E-state index is 12.3. The van der Waals surface area contributed by atoms with E-state index in [0.29, 0.717) is 16.9 Å². The van der Waals surface area contributed by atoms with Crippen molar-refractivity contribution in [1.29, 1.82) is 0 Å². The van der Waals surface area contributed by atoms with Gasteiger partial charge in [-0.15, -0.1) is 11.8 Å². The second kappa shape index (κ2) is 10.8. The molecule has 1 fully saturated rings. The minimum Gasteiger partial charge on any atom is -0.508 e. The summed E-state index contributed by atoms with van der Waals surface area (Å²) >= 11 is 1.40. The van der Waals surface area contributed by atoms with Crippen molar-refractivity contribution in [2.75, 3.05) is 19.8 Å². The average molecular weight is 455 g/mol. The lowest BCUT2D eigenvalue weighted by atomic mass is 10.0. The van der Waals surface area contributed by atoms with Crippen molar-refractivity contribution in [3.63, 3.8) is 0 Å². The quantitative estimate of drug-likeness (QED) is 0.323. The number of phenolic OH excluding ortho intramolecular Hbond substituents is 1. The van der Waals surface area contributed by atoms with Gasteiger partial charge in [0.05, 0.1) is 0 Å². The molecule has 170 valence electrons. The van der Waals surface area contributed by atoms with Crippen LogP contribution >= 0.6 is 11.8 Å². The molecule has 31 heavy (non-hydrogen) atoms. The summed E-state index contributed by atoms with van der Waals surface area (Å²) in [6.45, 7) is 1.67. The summed E-state index contributed by atoms with van der Waals surface area (Å²) in [5.74, 6) is -1.61. The SMILES string of the molecule is CC1=C(C(=O)O)N2C(=O)[C@@H](NC(=O)[C@H](N)c3ccc(O)cc3)[C@H]2SC1.CN(C)C=O.O. The largest absolute Gasteiger partial charge is 0.508 e. The highest BCUT2D eigenvalue weighted by atomic mass is 32.2. The van der Waals surface area contributed by atoms with Gasteiger partial charge in [-0.25, -0.2) is 4.79 Å². The normalized spacial score (nSPS) is 20.1. The van der Waals surface area contributed by atoms with E-state index < -0.39 is 35.2 Å². The molecule has 3 atom stereocenters. The number of carbonyl (C=O) groups excluding carboxylic acids is 3. The number of thioether (sulfide) groups is 1. The van der Waals surface area contributed by atoms with Crippen molar-refractivity contribution in [3.05, 3.63) is 41.1 Å². The highest BCUT2D eigenvalue weighted by molar-refractivity contribution is 8.00. The Bertz CT molecular complexity index is 873. The molecule has 12 heteroatoms. The fourth-order valence-corrected chi connectivity index (χ4v) is 4.14. The molecule has 0 aromatic heterocycles. The van der Waals surface area contributed by atoms with E-state index in [4.69, 9.17) is 5.73 Å². The second-order valence-electron chi connectivity index (χ2n) is 6.97. The molecule has 0 aliphatic carbocycles. The van der Waals surface area contributed by atoms with Crippen molar-refractivity contribution in [3.8, 4) is 5.75 Å². The van der Waals surface area contributed by atoms with Gasteiger partial charge in [0.1, 0.15) is 28.9 Å². The summed E-state index contributed by atoms with van der Waals surface area (Å²) in [4.78, 5) is 48.1. The highest BCUT2D eigenvalue weighted by Gasteiger charge is 2.53. The number of aromatic hydroxyl groups is 1. The highest BCUT2D eigenvalue weighted by Crippen LogP contribution is 2.40. The van der Waals surface area contributed by atoms with Gasteiger partial charge in [0.25, 0.3) is 5.91 Å². The van der Waals surface area contributed by atoms with Crippen molar-refractivity contribution < 1.29 is 34.9 Å². The number of hydrogen-bond donors (Lipinski definition) is 4. The van der Waals surface area contributed by atoms with Crippen LogP contribution in [0.25, 0.3) is 0 Å². The molecule has 3 rings (SSSR count). The molecule has 1 aromatic rings. The summed E-state index contributed by atoms with van der Waals surface area (Å²) in [5.41, 5.74) is 7.00. The lowest BCUT2D eigenvalue weighted by molar-refractivity contribution is -0.150. The third-order valence-electron chi connectivity index (χ3n) is 4.40. The van der Waals surface area contributed by atoms with Gasteiger partial charge in [-0.05, 0) is 30.2 Å². The number of carboxylic acids is 1. The Kier molecular flexibility index (Phi) is 9.03. The van der Waals surface area contributed by atoms with E-state index in [1.54, 1.807) is 21.0 Å². The van der Waals surface area contributed by atoms with Crippen LogP contribution in [-0.4, -0.2) is 80.9 Å². The summed E-state index contributed by atoms with van der Waals surface area (Å²) in [7, 11) is 3.38. The Morgan fingerprint density at radius 1 is 1.32 bits per heavy atom. The first-order chi connectivity index (χ1) is 14.1. The van der Waals surface area contributed by atoms with Crippen LogP contribution < -0.4 is 11.1 Å². The fraction of sp³-hybridized carbons (Fsp3) is 0.368. The number of fused-ring (bicyclic) bond motifs is 1. The van der Waals surface area contributed by atoms with E-state index in [2.05, 4.69) is 5.32 Å².